The lowest BCUT2D eigenvalue weighted by atomic mass is 10.3. The molecule has 56 valence electrons. The van der Waals surface area contributed by atoms with E-state index in [9.17, 15) is 8.78 Å². The summed E-state index contributed by atoms with van der Waals surface area (Å²) in [5.41, 5.74) is 0.320. The lowest BCUT2D eigenvalue weighted by molar-refractivity contribution is 0.125. The zero-order chi connectivity index (χ0) is 7.98. The number of allylic oxidation sites excluding steroid dienone is 2. The fourth-order valence-electron chi connectivity index (χ4n) is 0.319. The third kappa shape index (κ3) is 3.77. The van der Waals surface area contributed by atoms with Gasteiger partial charge in [0.2, 0.25) is 0 Å². The fraction of sp³-hybridized carbons (Fsp3) is 0.167. The summed E-state index contributed by atoms with van der Waals surface area (Å²) in [4.78, 5) is 0. The van der Waals surface area contributed by atoms with Crippen LogP contribution in [0.3, 0.4) is 0 Å². The number of halogens is 2. The van der Waals surface area contributed by atoms with Gasteiger partial charge in [0.15, 0.2) is 0 Å². The van der Waals surface area contributed by atoms with Gasteiger partial charge in [-0.3, -0.25) is 0 Å². The third-order valence-corrected chi connectivity index (χ3v) is 0.778. The van der Waals surface area contributed by atoms with E-state index in [1.54, 1.807) is 5.32 Å². The average molecular weight is 146 g/mol. The molecule has 0 unspecified atom stereocenters. The molecule has 0 saturated carbocycles. The maximum Gasteiger partial charge on any atom is 0.312 e. The van der Waals surface area contributed by atoms with Gasteiger partial charge in [-0.25, -0.2) is 0 Å². The lowest BCUT2D eigenvalue weighted by Gasteiger charge is -1.96. The summed E-state index contributed by atoms with van der Waals surface area (Å²) in [6.45, 7) is 0.717. The van der Waals surface area contributed by atoms with Gasteiger partial charge in [0, 0.05) is 18.0 Å². The van der Waals surface area contributed by atoms with Crippen LogP contribution < -0.4 is 5.32 Å². The second-order valence-corrected chi connectivity index (χ2v) is 1.46. The average Bonchev–Trinajstić information content (AvgIpc) is 1.90. The van der Waals surface area contributed by atoms with E-state index in [1.807, 2.05) is 0 Å². The molecular formula is C6H8F2N2. The molecule has 0 aromatic heterocycles. The SMILES string of the molecule is C=C/C(C=N)=C/NC(F)F. The normalized spacial score (nSPS) is 11.3. The summed E-state index contributed by atoms with van der Waals surface area (Å²) in [6.07, 6.45) is 3.27. The fourth-order valence-corrected chi connectivity index (χ4v) is 0.319. The van der Waals surface area contributed by atoms with Crippen molar-refractivity contribution in [3.05, 3.63) is 24.4 Å². The highest BCUT2D eigenvalue weighted by molar-refractivity contribution is 5.79. The van der Waals surface area contributed by atoms with Gasteiger partial charge in [-0.15, -0.1) is 0 Å². The summed E-state index contributed by atoms with van der Waals surface area (Å²) >= 11 is 0. The molecule has 0 fully saturated rings. The van der Waals surface area contributed by atoms with Crippen molar-refractivity contribution in [1.29, 1.82) is 5.41 Å². The second-order valence-electron chi connectivity index (χ2n) is 1.46. The first-order valence-electron chi connectivity index (χ1n) is 2.58. The Bertz CT molecular complexity index is 142. The Morgan fingerprint density at radius 3 is 2.50 bits per heavy atom. The topological polar surface area (TPSA) is 35.9 Å². The zero-order valence-electron chi connectivity index (χ0n) is 5.27. The van der Waals surface area contributed by atoms with Crippen LogP contribution >= 0.6 is 0 Å². The largest absolute Gasteiger partial charge is 0.336 e. The van der Waals surface area contributed by atoms with Gasteiger partial charge in [-0.1, -0.05) is 12.7 Å². The predicted octanol–water partition coefficient (Wildman–Crippen LogP) is 1.52. The molecule has 0 bridgehead atoms. The summed E-state index contributed by atoms with van der Waals surface area (Å²) < 4.78 is 22.8. The van der Waals surface area contributed by atoms with Gasteiger partial charge in [0.05, 0.1) is 0 Å². The first kappa shape index (κ1) is 8.81. The highest BCUT2D eigenvalue weighted by Crippen LogP contribution is 1.90. The van der Waals surface area contributed by atoms with E-state index in [-0.39, 0.29) is 0 Å². The quantitative estimate of drug-likeness (QED) is 0.352. The first-order chi connectivity index (χ1) is 4.70. The predicted molar refractivity (Wildman–Crippen MR) is 36.2 cm³/mol. The van der Waals surface area contributed by atoms with Crippen LogP contribution in [0.25, 0.3) is 0 Å². The van der Waals surface area contributed by atoms with Crippen molar-refractivity contribution in [3.8, 4) is 0 Å². The molecule has 0 rings (SSSR count). The minimum absolute atomic E-state index is 0.320. The molecule has 0 radical (unpaired) electrons. The summed E-state index contributed by atoms with van der Waals surface area (Å²) in [7, 11) is 0. The Hall–Kier alpha value is -1.19. The van der Waals surface area contributed by atoms with Gasteiger partial charge >= 0.3 is 6.55 Å². The molecular weight excluding hydrogens is 138 g/mol. The molecule has 0 atom stereocenters. The third-order valence-electron chi connectivity index (χ3n) is 0.778. The van der Waals surface area contributed by atoms with Crippen LogP contribution in [0.4, 0.5) is 8.78 Å². The van der Waals surface area contributed by atoms with Gasteiger partial charge in [-0.2, -0.15) is 8.78 Å². The smallest absolute Gasteiger partial charge is 0.312 e. The number of hydrogen-bond donors (Lipinski definition) is 2. The lowest BCUT2D eigenvalue weighted by Crippen LogP contribution is -2.13. The van der Waals surface area contributed by atoms with Crippen LogP contribution in [-0.4, -0.2) is 12.8 Å². The van der Waals surface area contributed by atoms with Crippen molar-refractivity contribution in [3.63, 3.8) is 0 Å². The molecule has 0 amide bonds. The van der Waals surface area contributed by atoms with Gasteiger partial charge < -0.3 is 10.7 Å². The van der Waals surface area contributed by atoms with E-state index >= 15 is 0 Å². The maximum absolute atomic E-state index is 11.4. The maximum atomic E-state index is 11.4. The second kappa shape index (κ2) is 4.67. The van der Waals surface area contributed by atoms with Crippen molar-refractivity contribution in [2.45, 2.75) is 6.55 Å². The van der Waals surface area contributed by atoms with Crippen molar-refractivity contribution >= 4 is 6.21 Å². The van der Waals surface area contributed by atoms with Crippen molar-refractivity contribution in [1.82, 2.24) is 5.32 Å². The van der Waals surface area contributed by atoms with Crippen molar-refractivity contribution < 1.29 is 8.78 Å². The van der Waals surface area contributed by atoms with Crippen LogP contribution in [0.2, 0.25) is 0 Å². The summed E-state index contributed by atoms with van der Waals surface area (Å²) in [5, 5.41) is 8.38. The van der Waals surface area contributed by atoms with Gasteiger partial charge in [0.1, 0.15) is 0 Å². The highest BCUT2D eigenvalue weighted by Gasteiger charge is 1.94. The molecule has 0 spiro atoms. The Morgan fingerprint density at radius 1 is 1.60 bits per heavy atom. The van der Waals surface area contributed by atoms with Crippen LogP contribution in [0.15, 0.2) is 24.4 Å². The molecule has 2 nitrogen and oxygen atoms in total. The van der Waals surface area contributed by atoms with Crippen LogP contribution in [0.5, 0.6) is 0 Å². The Labute approximate surface area is 57.8 Å². The van der Waals surface area contributed by atoms with Crippen molar-refractivity contribution in [2.75, 3.05) is 0 Å². The molecule has 0 saturated heterocycles. The van der Waals surface area contributed by atoms with Crippen LogP contribution in [0.1, 0.15) is 0 Å². The molecule has 0 aromatic carbocycles. The Balaban J connectivity index is 3.86. The Kier molecular flexibility index (Phi) is 4.11. The standard InChI is InChI=1S/C6H8F2N2/c1-2-5(3-9)4-10-6(7)8/h2-4,6,9-10H,1H2/b5-4-,9-3?. The monoisotopic (exact) mass is 146 g/mol. The van der Waals surface area contributed by atoms with E-state index < -0.39 is 6.55 Å². The molecule has 0 aliphatic carbocycles. The molecule has 0 aliphatic rings. The first-order valence-corrected chi connectivity index (χ1v) is 2.58. The molecule has 2 N–H and O–H groups in total. The number of hydrogen-bond acceptors (Lipinski definition) is 2. The number of nitrogens with one attached hydrogen (secondary N) is 2. The van der Waals surface area contributed by atoms with E-state index in [1.165, 1.54) is 6.08 Å². The van der Waals surface area contributed by atoms with Crippen molar-refractivity contribution in [2.24, 2.45) is 0 Å². The summed E-state index contributed by atoms with van der Waals surface area (Å²) in [6, 6.07) is 0. The number of rotatable bonds is 4. The molecule has 10 heavy (non-hydrogen) atoms. The molecule has 0 aliphatic heterocycles. The summed E-state index contributed by atoms with van der Waals surface area (Å²) in [5.74, 6) is 0. The minimum Gasteiger partial charge on any atom is -0.336 e. The van der Waals surface area contributed by atoms with E-state index in [0.717, 1.165) is 12.4 Å². The zero-order valence-corrected chi connectivity index (χ0v) is 5.27. The van der Waals surface area contributed by atoms with Gasteiger partial charge in [0.25, 0.3) is 0 Å². The van der Waals surface area contributed by atoms with E-state index in [0.29, 0.717) is 5.57 Å². The number of alkyl halides is 2. The van der Waals surface area contributed by atoms with Gasteiger partial charge in [-0.05, 0) is 0 Å². The molecule has 0 aromatic rings. The molecule has 4 heteroatoms. The Morgan fingerprint density at radius 2 is 2.20 bits per heavy atom. The molecule has 0 heterocycles. The van der Waals surface area contributed by atoms with E-state index in [2.05, 4.69) is 6.58 Å². The van der Waals surface area contributed by atoms with E-state index in [4.69, 9.17) is 5.41 Å². The van der Waals surface area contributed by atoms with Crippen LogP contribution in [-0.2, 0) is 0 Å². The minimum atomic E-state index is -2.59. The van der Waals surface area contributed by atoms with Crippen LogP contribution in [0, 0.1) is 5.41 Å². The highest BCUT2D eigenvalue weighted by atomic mass is 19.3.